The van der Waals surface area contributed by atoms with Gasteiger partial charge in [-0.1, -0.05) is 19.9 Å². The summed E-state index contributed by atoms with van der Waals surface area (Å²) in [7, 11) is 0. The predicted molar refractivity (Wildman–Crippen MR) is 77.4 cm³/mol. The summed E-state index contributed by atoms with van der Waals surface area (Å²) in [5, 5.41) is 15.4. The molecule has 5 heteroatoms. The summed E-state index contributed by atoms with van der Waals surface area (Å²) in [5.41, 5.74) is 1.53. The first-order valence-electron chi connectivity index (χ1n) is 5.69. The zero-order valence-corrected chi connectivity index (χ0v) is 12.3. The smallest absolute Gasteiger partial charge is 0.127 e. The summed E-state index contributed by atoms with van der Waals surface area (Å²) in [6.07, 6.45) is 0. The van der Waals surface area contributed by atoms with E-state index in [0.29, 0.717) is 5.56 Å². The van der Waals surface area contributed by atoms with Gasteiger partial charge >= 0.3 is 0 Å². The number of rotatable bonds is 4. The van der Waals surface area contributed by atoms with E-state index in [-0.39, 0.29) is 5.41 Å². The van der Waals surface area contributed by atoms with E-state index < -0.39 is 0 Å². The Morgan fingerprint density at radius 2 is 2.28 bits per heavy atom. The summed E-state index contributed by atoms with van der Waals surface area (Å²) in [5.74, 6) is 0. The molecular formula is C13H15N3S2. The van der Waals surface area contributed by atoms with E-state index in [9.17, 15) is 0 Å². The van der Waals surface area contributed by atoms with Gasteiger partial charge in [0.05, 0.1) is 5.69 Å². The van der Waals surface area contributed by atoms with Crippen molar-refractivity contribution in [1.29, 1.82) is 5.26 Å². The lowest BCUT2D eigenvalue weighted by Gasteiger charge is -2.23. The Hall–Kier alpha value is -1.38. The molecule has 0 radical (unpaired) electrons. The minimum absolute atomic E-state index is 0.0544. The molecule has 0 aliphatic heterocycles. The van der Waals surface area contributed by atoms with Crippen LogP contribution in [0.25, 0.3) is 0 Å². The molecule has 94 valence electrons. The lowest BCUT2D eigenvalue weighted by Crippen LogP contribution is -2.26. The zero-order valence-electron chi connectivity index (χ0n) is 10.7. The summed E-state index contributed by atoms with van der Waals surface area (Å²) < 4.78 is 4.21. The average molecular weight is 277 g/mol. The fourth-order valence-corrected chi connectivity index (χ4v) is 3.27. The molecule has 3 nitrogen and oxygen atoms in total. The van der Waals surface area contributed by atoms with Crippen molar-refractivity contribution in [2.24, 2.45) is 0 Å². The van der Waals surface area contributed by atoms with Crippen LogP contribution in [0.2, 0.25) is 0 Å². The maximum atomic E-state index is 9.08. The van der Waals surface area contributed by atoms with Gasteiger partial charge in [0.15, 0.2) is 0 Å². The van der Waals surface area contributed by atoms with Crippen LogP contribution in [0.15, 0.2) is 17.5 Å². The molecule has 18 heavy (non-hydrogen) atoms. The second kappa shape index (κ2) is 5.09. The van der Waals surface area contributed by atoms with Crippen LogP contribution in [0, 0.1) is 18.3 Å². The normalized spacial score (nSPS) is 11.2. The second-order valence-electron chi connectivity index (χ2n) is 4.80. The first kappa shape index (κ1) is 13.1. The van der Waals surface area contributed by atoms with Crippen LogP contribution in [-0.2, 0) is 5.41 Å². The van der Waals surface area contributed by atoms with Gasteiger partial charge in [-0.05, 0) is 29.9 Å². The van der Waals surface area contributed by atoms with Crippen LogP contribution in [-0.4, -0.2) is 10.9 Å². The number of nitrogens with one attached hydrogen (secondary N) is 1. The number of hydrogen-bond acceptors (Lipinski definition) is 5. The molecule has 0 saturated heterocycles. The van der Waals surface area contributed by atoms with Gasteiger partial charge in [0, 0.05) is 16.8 Å². The van der Waals surface area contributed by atoms with Crippen molar-refractivity contribution < 1.29 is 0 Å². The Morgan fingerprint density at radius 3 is 2.89 bits per heavy atom. The van der Waals surface area contributed by atoms with Crippen molar-refractivity contribution >= 4 is 27.9 Å². The molecule has 0 aliphatic carbocycles. The molecule has 1 N–H and O–H groups in total. The minimum Gasteiger partial charge on any atom is -0.374 e. The van der Waals surface area contributed by atoms with Gasteiger partial charge in [-0.3, -0.25) is 0 Å². The van der Waals surface area contributed by atoms with Gasteiger partial charge in [-0.15, -0.1) is 11.3 Å². The van der Waals surface area contributed by atoms with Crippen molar-refractivity contribution in [3.63, 3.8) is 0 Å². The summed E-state index contributed by atoms with van der Waals surface area (Å²) in [6.45, 7) is 7.06. The molecule has 0 aliphatic rings. The summed E-state index contributed by atoms with van der Waals surface area (Å²) >= 11 is 3.12. The number of aromatic nitrogens is 1. The van der Waals surface area contributed by atoms with Crippen LogP contribution in [0.1, 0.15) is 30.0 Å². The molecule has 2 aromatic rings. The highest BCUT2D eigenvalue weighted by molar-refractivity contribution is 7.10. The zero-order chi connectivity index (χ0) is 13.2. The van der Waals surface area contributed by atoms with E-state index in [1.165, 1.54) is 16.4 Å². The van der Waals surface area contributed by atoms with Gasteiger partial charge in [0.25, 0.3) is 0 Å². The third-order valence-corrected chi connectivity index (χ3v) is 4.99. The van der Waals surface area contributed by atoms with Gasteiger partial charge < -0.3 is 5.32 Å². The number of nitriles is 1. The van der Waals surface area contributed by atoms with Crippen LogP contribution in [0.3, 0.4) is 0 Å². The summed E-state index contributed by atoms with van der Waals surface area (Å²) in [6, 6.07) is 6.42. The maximum absolute atomic E-state index is 9.08. The highest BCUT2D eigenvalue weighted by Crippen LogP contribution is 2.30. The molecule has 0 saturated carbocycles. The lowest BCUT2D eigenvalue weighted by atomic mass is 9.91. The molecule has 0 spiro atoms. The van der Waals surface area contributed by atoms with E-state index in [4.69, 9.17) is 5.26 Å². The molecule has 2 aromatic heterocycles. The van der Waals surface area contributed by atoms with Crippen LogP contribution in [0.5, 0.6) is 0 Å². The molecule has 2 heterocycles. The third kappa shape index (κ3) is 2.55. The maximum Gasteiger partial charge on any atom is 0.127 e. The highest BCUT2D eigenvalue weighted by atomic mass is 32.1. The SMILES string of the molecule is Cc1nsc(NCC(C)(C)c2cccs2)c1C#N. The first-order chi connectivity index (χ1) is 8.54. The largest absolute Gasteiger partial charge is 0.374 e. The molecule has 0 bridgehead atoms. The lowest BCUT2D eigenvalue weighted by molar-refractivity contribution is 0.570. The van der Waals surface area contributed by atoms with Gasteiger partial charge in [-0.2, -0.15) is 9.64 Å². The van der Waals surface area contributed by atoms with Crippen molar-refractivity contribution in [3.05, 3.63) is 33.6 Å². The van der Waals surface area contributed by atoms with Gasteiger partial charge in [0.1, 0.15) is 16.6 Å². The first-order valence-corrected chi connectivity index (χ1v) is 7.34. The van der Waals surface area contributed by atoms with Crippen LogP contribution >= 0.6 is 22.9 Å². The molecule has 0 atom stereocenters. The van der Waals surface area contributed by atoms with Gasteiger partial charge in [-0.25, -0.2) is 0 Å². The van der Waals surface area contributed by atoms with Crippen molar-refractivity contribution in [3.8, 4) is 6.07 Å². The number of anilines is 1. The standard InChI is InChI=1S/C13H15N3S2/c1-9-10(7-14)12(18-16-9)15-8-13(2,3)11-5-4-6-17-11/h4-6,15H,8H2,1-3H3. The Morgan fingerprint density at radius 1 is 1.50 bits per heavy atom. The fourth-order valence-electron chi connectivity index (χ4n) is 1.67. The Bertz CT molecular complexity index is 562. The third-order valence-electron chi connectivity index (χ3n) is 2.85. The van der Waals surface area contributed by atoms with E-state index in [0.717, 1.165) is 17.2 Å². The van der Waals surface area contributed by atoms with E-state index in [1.54, 1.807) is 11.3 Å². The van der Waals surface area contributed by atoms with E-state index in [2.05, 4.69) is 47.1 Å². The molecule has 0 fully saturated rings. The number of nitrogens with zero attached hydrogens (tertiary/aromatic N) is 2. The molecular weight excluding hydrogens is 262 g/mol. The second-order valence-corrected chi connectivity index (χ2v) is 6.52. The van der Waals surface area contributed by atoms with E-state index in [1.807, 2.05) is 6.92 Å². The fraction of sp³-hybridized carbons (Fsp3) is 0.385. The minimum atomic E-state index is 0.0544. The highest BCUT2D eigenvalue weighted by Gasteiger charge is 2.22. The van der Waals surface area contributed by atoms with Crippen LogP contribution in [0.4, 0.5) is 5.00 Å². The molecule has 2 rings (SSSR count). The van der Waals surface area contributed by atoms with E-state index >= 15 is 0 Å². The number of aryl methyl sites for hydroxylation is 1. The van der Waals surface area contributed by atoms with Crippen molar-refractivity contribution in [1.82, 2.24) is 4.37 Å². The molecule has 0 aromatic carbocycles. The average Bonchev–Trinajstić information content (AvgIpc) is 2.95. The monoisotopic (exact) mass is 277 g/mol. The Kier molecular flexibility index (Phi) is 3.69. The van der Waals surface area contributed by atoms with Gasteiger partial charge in [0.2, 0.25) is 0 Å². The number of hydrogen-bond donors (Lipinski definition) is 1. The molecule has 0 amide bonds. The summed E-state index contributed by atoms with van der Waals surface area (Å²) in [4.78, 5) is 1.34. The van der Waals surface area contributed by atoms with Crippen LogP contribution < -0.4 is 5.32 Å². The number of thiophene rings is 1. The van der Waals surface area contributed by atoms with Crippen molar-refractivity contribution in [2.75, 3.05) is 11.9 Å². The Balaban J connectivity index is 2.10. The molecule has 0 unspecified atom stereocenters. The quantitative estimate of drug-likeness (QED) is 0.925. The topological polar surface area (TPSA) is 48.7 Å². The predicted octanol–water partition coefficient (Wildman–Crippen LogP) is 3.77. The Labute approximate surface area is 115 Å². The van der Waals surface area contributed by atoms with Crippen molar-refractivity contribution in [2.45, 2.75) is 26.2 Å².